The van der Waals surface area contributed by atoms with Crippen molar-refractivity contribution in [2.24, 2.45) is 5.73 Å². The lowest BCUT2D eigenvalue weighted by Gasteiger charge is -2.29. The molecule has 0 bridgehead atoms. The molecule has 0 radical (unpaired) electrons. The number of aromatic nitrogens is 1. The minimum Gasteiger partial charge on any atom is -0.352 e. The smallest absolute Gasteiger partial charge is 0.129 e. The molecule has 1 aromatic heterocycles. The molecule has 0 amide bonds. The minimum atomic E-state index is 0.440. The summed E-state index contributed by atoms with van der Waals surface area (Å²) in [6, 6.07) is 4.89. The zero-order valence-electron chi connectivity index (χ0n) is 13.3. The summed E-state index contributed by atoms with van der Waals surface area (Å²) in [5.41, 5.74) is 8.19. The average Bonchev–Trinajstić information content (AvgIpc) is 2.85. The van der Waals surface area contributed by atoms with E-state index < -0.39 is 0 Å². The molecule has 2 rings (SSSR count). The fourth-order valence-electron chi connectivity index (χ4n) is 2.90. The summed E-state index contributed by atoms with van der Waals surface area (Å²) in [4.78, 5) is 9.60. The number of nitrogens with zero attached hydrogens (tertiary/aromatic N) is 3. The van der Waals surface area contributed by atoms with Crippen LogP contribution in [0.25, 0.3) is 0 Å². The number of pyridine rings is 1. The van der Waals surface area contributed by atoms with Gasteiger partial charge in [0.1, 0.15) is 5.82 Å². The Morgan fingerprint density at radius 3 is 2.75 bits per heavy atom. The van der Waals surface area contributed by atoms with Crippen LogP contribution in [0.3, 0.4) is 0 Å². The first-order chi connectivity index (χ1) is 9.51. The molecule has 2 N–H and O–H groups in total. The van der Waals surface area contributed by atoms with E-state index in [1.54, 1.807) is 0 Å². The van der Waals surface area contributed by atoms with E-state index in [0.717, 1.165) is 24.6 Å². The van der Waals surface area contributed by atoms with E-state index in [2.05, 4.69) is 49.9 Å². The zero-order valence-corrected chi connectivity index (χ0v) is 13.3. The lowest BCUT2D eigenvalue weighted by atomic mass is 10.1. The van der Waals surface area contributed by atoms with Gasteiger partial charge in [0.25, 0.3) is 0 Å². The molecule has 4 heteroatoms. The zero-order chi connectivity index (χ0) is 14.7. The summed E-state index contributed by atoms with van der Waals surface area (Å²) in [5, 5.41) is 0. The van der Waals surface area contributed by atoms with Gasteiger partial charge in [-0.2, -0.15) is 0 Å². The van der Waals surface area contributed by atoms with Gasteiger partial charge in [0.2, 0.25) is 0 Å². The fraction of sp³-hybridized carbons (Fsp3) is 0.688. The van der Waals surface area contributed by atoms with Crippen molar-refractivity contribution in [1.29, 1.82) is 0 Å². The average molecular weight is 276 g/mol. The van der Waals surface area contributed by atoms with Gasteiger partial charge in [-0.25, -0.2) is 4.98 Å². The van der Waals surface area contributed by atoms with Crippen molar-refractivity contribution < 1.29 is 0 Å². The van der Waals surface area contributed by atoms with E-state index in [9.17, 15) is 0 Å². The summed E-state index contributed by atoms with van der Waals surface area (Å²) in [6.45, 7) is 7.16. The van der Waals surface area contributed by atoms with Crippen molar-refractivity contribution in [3.05, 3.63) is 23.4 Å². The topological polar surface area (TPSA) is 45.4 Å². The third-order valence-corrected chi connectivity index (χ3v) is 3.97. The highest BCUT2D eigenvalue weighted by atomic mass is 15.3. The second kappa shape index (κ2) is 6.55. The normalized spacial score (nSPS) is 19.4. The second-order valence-electron chi connectivity index (χ2n) is 6.37. The van der Waals surface area contributed by atoms with Gasteiger partial charge in [-0.05, 0) is 50.6 Å². The van der Waals surface area contributed by atoms with Crippen molar-refractivity contribution in [1.82, 2.24) is 9.88 Å². The molecule has 0 aliphatic carbocycles. The fourth-order valence-corrected chi connectivity index (χ4v) is 2.90. The van der Waals surface area contributed by atoms with Gasteiger partial charge in [-0.3, -0.25) is 0 Å². The summed E-state index contributed by atoms with van der Waals surface area (Å²) in [6.07, 6.45) is 2.51. The largest absolute Gasteiger partial charge is 0.352 e. The van der Waals surface area contributed by atoms with Gasteiger partial charge in [-0.15, -0.1) is 0 Å². The lowest BCUT2D eigenvalue weighted by Crippen LogP contribution is -2.38. The Labute approximate surface area is 123 Å². The van der Waals surface area contributed by atoms with Crippen LogP contribution in [0.1, 0.15) is 43.9 Å². The molecule has 20 heavy (non-hydrogen) atoms. The van der Waals surface area contributed by atoms with Crippen molar-refractivity contribution in [3.63, 3.8) is 0 Å². The molecule has 1 fully saturated rings. The molecular weight excluding hydrogens is 248 g/mol. The molecule has 1 unspecified atom stereocenters. The van der Waals surface area contributed by atoms with Crippen LogP contribution in [0.15, 0.2) is 12.1 Å². The predicted octanol–water partition coefficient (Wildman–Crippen LogP) is 2.19. The van der Waals surface area contributed by atoms with E-state index in [4.69, 9.17) is 10.7 Å². The quantitative estimate of drug-likeness (QED) is 0.895. The maximum absolute atomic E-state index is 5.85. The third-order valence-electron chi connectivity index (χ3n) is 3.97. The molecule has 0 spiro atoms. The van der Waals surface area contributed by atoms with E-state index in [0.29, 0.717) is 18.5 Å². The molecule has 112 valence electrons. The SMILES string of the molecule is CC(C)c1cc(CN)cc(N2CCCC2CN(C)C)n1. The second-order valence-corrected chi connectivity index (χ2v) is 6.37. The van der Waals surface area contributed by atoms with Crippen molar-refractivity contribution >= 4 is 5.82 Å². The highest BCUT2D eigenvalue weighted by molar-refractivity contribution is 5.45. The first-order valence-corrected chi connectivity index (χ1v) is 7.63. The molecule has 1 aliphatic rings. The molecule has 2 heterocycles. The Kier molecular flexibility index (Phi) is 5.00. The summed E-state index contributed by atoms with van der Waals surface area (Å²) < 4.78 is 0. The minimum absolute atomic E-state index is 0.440. The monoisotopic (exact) mass is 276 g/mol. The number of hydrogen-bond donors (Lipinski definition) is 1. The van der Waals surface area contributed by atoms with Gasteiger partial charge < -0.3 is 15.5 Å². The van der Waals surface area contributed by atoms with Crippen LogP contribution in [0.2, 0.25) is 0 Å². The van der Waals surface area contributed by atoms with Crippen molar-refractivity contribution in [2.75, 3.05) is 32.1 Å². The molecule has 1 aliphatic heterocycles. The van der Waals surface area contributed by atoms with E-state index >= 15 is 0 Å². The number of likely N-dealkylation sites (N-methyl/N-ethyl adjacent to an activating group) is 1. The Bertz CT molecular complexity index is 442. The van der Waals surface area contributed by atoms with Crippen LogP contribution in [0, 0.1) is 0 Å². The Morgan fingerprint density at radius 1 is 1.40 bits per heavy atom. The van der Waals surface area contributed by atoms with E-state index in [-0.39, 0.29) is 0 Å². The van der Waals surface area contributed by atoms with Crippen LogP contribution >= 0.6 is 0 Å². The predicted molar refractivity (Wildman–Crippen MR) is 85.1 cm³/mol. The van der Waals surface area contributed by atoms with E-state index in [1.165, 1.54) is 18.4 Å². The summed E-state index contributed by atoms with van der Waals surface area (Å²) >= 11 is 0. The molecular formula is C16H28N4. The van der Waals surface area contributed by atoms with Crippen LogP contribution in [0.4, 0.5) is 5.82 Å². The third kappa shape index (κ3) is 3.49. The Balaban J connectivity index is 2.28. The summed E-state index contributed by atoms with van der Waals surface area (Å²) in [5.74, 6) is 1.55. The molecule has 0 saturated carbocycles. The number of rotatable bonds is 5. The lowest BCUT2D eigenvalue weighted by molar-refractivity contribution is 0.371. The highest BCUT2D eigenvalue weighted by Gasteiger charge is 2.26. The van der Waals surface area contributed by atoms with Gasteiger partial charge >= 0.3 is 0 Å². The molecule has 0 aromatic carbocycles. The van der Waals surface area contributed by atoms with E-state index in [1.807, 2.05) is 0 Å². The Morgan fingerprint density at radius 2 is 2.15 bits per heavy atom. The molecule has 1 aromatic rings. The van der Waals surface area contributed by atoms with Gasteiger partial charge in [0, 0.05) is 31.4 Å². The first kappa shape index (κ1) is 15.3. The first-order valence-electron chi connectivity index (χ1n) is 7.63. The summed E-state index contributed by atoms with van der Waals surface area (Å²) in [7, 11) is 4.28. The van der Waals surface area contributed by atoms with Crippen LogP contribution in [-0.2, 0) is 6.54 Å². The van der Waals surface area contributed by atoms with Crippen molar-refractivity contribution in [2.45, 2.75) is 45.2 Å². The number of anilines is 1. The molecule has 1 saturated heterocycles. The molecule has 4 nitrogen and oxygen atoms in total. The van der Waals surface area contributed by atoms with Gasteiger partial charge in [0.05, 0.1) is 0 Å². The standard InChI is InChI=1S/C16H28N4/c1-12(2)15-8-13(10-17)9-16(18-15)20-7-5-6-14(20)11-19(3)4/h8-9,12,14H,5-7,10-11,17H2,1-4H3. The van der Waals surface area contributed by atoms with Crippen LogP contribution < -0.4 is 10.6 Å². The highest BCUT2D eigenvalue weighted by Crippen LogP contribution is 2.27. The molecule has 1 atom stereocenters. The maximum atomic E-state index is 5.85. The maximum Gasteiger partial charge on any atom is 0.129 e. The van der Waals surface area contributed by atoms with Gasteiger partial charge in [0.15, 0.2) is 0 Å². The number of hydrogen-bond acceptors (Lipinski definition) is 4. The van der Waals surface area contributed by atoms with Crippen LogP contribution in [-0.4, -0.2) is 43.1 Å². The van der Waals surface area contributed by atoms with Crippen LogP contribution in [0.5, 0.6) is 0 Å². The van der Waals surface area contributed by atoms with Crippen molar-refractivity contribution in [3.8, 4) is 0 Å². The Hall–Kier alpha value is -1.13. The van der Waals surface area contributed by atoms with Gasteiger partial charge in [-0.1, -0.05) is 13.8 Å². The number of nitrogens with two attached hydrogens (primary N) is 1.